The zero-order chi connectivity index (χ0) is 10.2. The summed E-state index contributed by atoms with van der Waals surface area (Å²) in [6, 6.07) is 5.94. The Morgan fingerprint density at radius 1 is 1.50 bits per heavy atom. The molecule has 0 spiro atoms. The number of aryl methyl sites for hydroxylation is 1. The average molecular weight is 194 g/mol. The van der Waals surface area contributed by atoms with Crippen LogP contribution in [0.25, 0.3) is 0 Å². The molecule has 0 aromatic carbocycles. The summed E-state index contributed by atoms with van der Waals surface area (Å²) in [5.74, 6) is 0. The van der Waals surface area contributed by atoms with E-state index in [4.69, 9.17) is 0 Å². The van der Waals surface area contributed by atoms with E-state index >= 15 is 0 Å². The Balaban J connectivity index is 2.10. The first-order valence-electron chi connectivity index (χ1n) is 5.14. The molecule has 0 saturated heterocycles. The van der Waals surface area contributed by atoms with Crippen molar-refractivity contribution in [1.82, 2.24) is 10.3 Å². The summed E-state index contributed by atoms with van der Waals surface area (Å²) in [6.07, 6.45) is 4.17. The maximum atomic E-state index is 9.23. The SMILES string of the molecule is CCC(O)NCCCc1ccccn1. The molecule has 3 heteroatoms. The molecule has 1 heterocycles. The molecule has 0 bridgehead atoms. The minimum atomic E-state index is -0.362. The van der Waals surface area contributed by atoms with Gasteiger partial charge in [-0.3, -0.25) is 10.3 Å². The summed E-state index contributed by atoms with van der Waals surface area (Å²) < 4.78 is 0. The van der Waals surface area contributed by atoms with Gasteiger partial charge in [0, 0.05) is 11.9 Å². The predicted molar refractivity (Wildman–Crippen MR) is 56.9 cm³/mol. The molecule has 0 aliphatic carbocycles. The van der Waals surface area contributed by atoms with Crippen molar-refractivity contribution < 1.29 is 5.11 Å². The highest BCUT2D eigenvalue weighted by Gasteiger charge is 1.98. The van der Waals surface area contributed by atoms with Gasteiger partial charge in [0.1, 0.15) is 6.23 Å². The Morgan fingerprint density at radius 3 is 3.00 bits per heavy atom. The van der Waals surface area contributed by atoms with Crippen LogP contribution in [-0.4, -0.2) is 22.9 Å². The fourth-order valence-corrected chi connectivity index (χ4v) is 1.23. The normalized spacial score (nSPS) is 12.7. The van der Waals surface area contributed by atoms with Crippen molar-refractivity contribution in [2.24, 2.45) is 0 Å². The van der Waals surface area contributed by atoms with Crippen LogP contribution in [0.3, 0.4) is 0 Å². The van der Waals surface area contributed by atoms with Crippen LogP contribution in [0.1, 0.15) is 25.5 Å². The van der Waals surface area contributed by atoms with Crippen LogP contribution in [0.4, 0.5) is 0 Å². The number of hydrogen-bond donors (Lipinski definition) is 2. The van der Waals surface area contributed by atoms with E-state index in [0.717, 1.165) is 31.5 Å². The molecule has 0 fully saturated rings. The number of pyridine rings is 1. The Hall–Kier alpha value is -0.930. The molecule has 2 N–H and O–H groups in total. The molecule has 0 radical (unpaired) electrons. The van der Waals surface area contributed by atoms with E-state index in [2.05, 4.69) is 10.3 Å². The van der Waals surface area contributed by atoms with Gasteiger partial charge in [-0.05, 0) is 37.9 Å². The second kappa shape index (κ2) is 6.51. The van der Waals surface area contributed by atoms with Crippen molar-refractivity contribution in [1.29, 1.82) is 0 Å². The van der Waals surface area contributed by atoms with E-state index in [9.17, 15) is 5.11 Å². The fraction of sp³-hybridized carbons (Fsp3) is 0.545. The van der Waals surface area contributed by atoms with Gasteiger partial charge in [0.25, 0.3) is 0 Å². The van der Waals surface area contributed by atoms with Crippen LogP contribution in [0, 0.1) is 0 Å². The molecule has 3 nitrogen and oxygen atoms in total. The Kier molecular flexibility index (Phi) is 5.19. The highest BCUT2D eigenvalue weighted by atomic mass is 16.3. The number of aliphatic hydroxyl groups is 1. The number of nitrogens with one attached hydrogen (secondary N) is 1. The third kappa shape index (κ3) is 4.35. The molecular formula is C11H18N2O. The predicted octanol–water partition coefficient (Wildman–Crippen LogP) is 1.33. The van der Waals surface area contributed by atoms with E-state index in [1.54, 1.807) is 0 Å². The van der Waals surface area contributed by atoms with Crippen molar-refractivity contribution in [2.45, 2.75) is 32.4 Å². The van der Waals surface area contributed by atoms with Gasteiger partial charge in [0.05, 0.1) is 0 Å². The standard InChI is InChI=1S/C11H18N2O/c1-2-11(14)13-9-5-7-10-6-3-4-8-12-10/h3-4,6,8,11,13-14H,2,5,7,9H2,1H3. The quantitative estimate of drug-likeness (QED) is 0.530. The van der Waals surface area contributed by atoms with Crippen molar-refractivity contribution in [3.8, 4) is 0 Å². The van der Waals surface area contributed by atoms with Crippen LogP contribution in [0.5, 0.6) is 0 Å². The van der Waals surface area contributed by atoms with Crippen molar-refractivity contribution >= 4 is 0 Å². The van der Waals surface area contributed by atoms with Gasteiger partial charge in [-0.15, -0.1) is 0 Å². The number of aliphatic hydroxyl groups excluding tert-OH is 1. The molecule has 1 atom stereocenters. The minimum absolute atomic E-state index is 0.362. The average Bonchev–Trinajstić information content (AvgIpc) is 2.25. The van der Waals surface area contributed by atoms with E-state index in [-0.39, 0.29) is 6.23 Å². The van der Waals surface area contributed by atoms with Crippen LogP contribution in [0.15, 0.2) is 24.4 Å². The van der Waals surface area contributed by atoms with Crippen molar-refractivity contribution in [2.75, 3.05) is 6.54 Å². The van der Waals surface area contributed by atoms with Crippen LogP contribution in [0.2, 0.25) is 0 Å². The van der Waals surface area contributed by atoms with Crippen LogP contribution < -0.4 is 5.32 Å². The zero-order valence-corrected chi connectivity index (χ0v) is 8.61. The lowest BCUT2D eigenvalue weighted by Gasteiger charge is -2.09. The van der Waals surface area contributed by atoms with E-state index < -0.39 is 0 Å². The highest BCUT2D eigenvalue weighted by molar-refractivity contribution is 5.03. The number of nitrogens with zero attached hydrogens (tertiary/aromatic N) is 1. The number of hydrogen-bond acceptors (Lipinski definition) is 3. The van der Waals surface area contributed by atoms with Gasteiger partial charge in [-0.1, -0.05) is 13.0 Å². The van der Waals surface area contributed by atoms with Gasteiger partial charge in [0.2, 0.25) is 0 Å². The molecule has 0 amide bonds. The molecule has 1 rings (SSSR count). The molecule has 78 valence electrons. The van der Waals surface area contributed by atoms with Gasteiger partial charge in [-0.25, -0.2) is 0 Å². The topological polar surface area (TPSA) is 45.1 Å². The van der Waals surface area contributed by atoms with E-state index in [1.807, 2.05) is 31.3 Å². The summed E-state index contributed by atoms with van der Waals surface area (Å²) in [5, 5.41) is 12.3. The molecule has 1 unspecified atom stereocenters. The monoisotopic (exact) mass is 194 g/mol. The van der Waals surface area contributed by atoms with E-state index in [1.165, 1.54) is 0 Å². The first-order valence-corrected chi connectivity index (χ1v) is 5.14. The highest BCUT2D eigenvalue weighted by Crippen LogP contribution is 1.97. The largest absolute Gasteiger partial charge is 0.379 e. The fourth-order valence-electron chi connectivity index (χ4n) is 1.23. The van der Waals surface area contributed by atoms with E-state index in [0.29, 0.717) is 0 Å². The maximum absolute atomic E-state index is 9.23. The van der Waals surface area contributed by atoms with Gasteiger partial charge >= 0.3 is 0 Å². The first-order chi connectivity index (χ1) is 6.83. The number of rotatable bonds is 6. The Labute approximate surface area is 85.2 Å². The summed E-state index contributed by atoms with van der Waals surface area (Å²) in [5.41, 5.74) is 1.11. The van der Waals surface area contributed by atoms with Gasteiger partial charge in [0.15, 0.2) is 0 Å². The molecule has 0 saturated carbocycles. The second-order valence-corrected chi connectivity index (χ2v) is 3.30. The lowest BCUT2D eigenvalue weighted by atomic mass is 10.2. The van der Waals surface area contributed by atoms with Crippen LogP contribution in [-0.2, 0) is 6.42 Å². The number of aromatic nitrogens is 1. The maximum Gasteiger partial charge on any atom is 0.104 e. The smallest absolute Gasteiger partial charge is 0.104 e. The zero-order valence-electron chi connectivity index (χ0n) is 8.61. The summed E-state index contributed by atoms with van der Waals surface area (Å²) in [7, 11) is 0. The molecule has 0 aliphatic heterocycles. The molecule has 14 heavy (non-hydrogen) atoms. The van der Waals surface area contributed by atoms with Crippen molar-refractivity contribution in [3.63, 3.8) is 0 Å². The van der Waals surface area contributed by atoms with Crippen molar-refractivity contribution in [3.05, 3.63) is 30.1 Å². The molecule has 1 aromatic rings. The lowest BCUT2D eigenvalue weighted by molar-refractivity contribution is 0.133. The molecule has 0 aliphatic rings. The third-order valence-corrected chi connectivity index (χ3v) is 2.10. The summed E-state index contributed by atoms with van der Waals surface area (Å²) in [6.45, 7) is 2.79. The Bertz CT molecular complexity index is 238. The minimum Gasteiger partial charge on any atom is -0.379 e. The van der Waals surface area contributed by atoms with Gasteiger partial charge in [-0.2, -0.15) is 0 Å². The second-order valence-electron chi connectivity index (χ2n) is 3.30. The molecule has 1 aromatic heterocycles. The summed E-state index contributed by atoms with van der Waals surface area (Å²) in [4.78, 5) is 4.23. The third-order valence-electron chi connectivity index (χ3n) is 2.10. The summed E-state index contributed by atoms with van der Waals surface area (Å²) >= 11 is 0. The van der Waals surface area contributed by atoms with Gasteiger partial charge < -0.3 is 5.11 Å². The Morgan fingerprint density at radius 2 is 2.36 bits per heavy atom. The lowest BCUT2D eigenvalue weighted by Crippen LogP contribution is -2.28. The first kappa shape index (κ1) is 11.1. The molecular weight excluding hydrogens is 176 g/mol. The van der Waals surface area contributed by atoms with Crippen LogP contribution >= 0.6 is 0 Å².